The Morgan fingerprint density at radius 2 is 1.36 bits per heavy atom. The van der Waals surface area contributed by atoms with Crippen molar-refractivity contribution in [2.45, 2.75) is 38.5 Å². The summed E-state index contributed by atoms with van der Waals surface area (Å²) in [4.78, 5) is 0. The van der Waals surface area contributed by atoms with Crippen molar-refractivity contribution in [2.75, 3.05) is 0 Å². The molecule has 0 unspecified atom stereocenters. The van der Waals surface area contributed by atoms with Gasteiger partial charge in [-0.05, 0) is 30.5 Å². The minimum Gasteiger partial charge on any atom is -0.0843 e. The first-order valence-electron chi connectivity index (χ1n) is 5.47. The fraction of sp³-hybridized carbons (Fsp3) is 0.462. The van der Waals surface area contributed by atoms with Crippen LogP contribution in [0.4, 0.5) is 0 Å². The maximum Gasteiger partial charge on any atom is 0.0406 e. The molecule has 0 aromatic heterocycles. The van der Waals surface area contributed by atoms with Crippen LogP contribution in [0.15, 0.2) is 24.3 Å². The minimum absolute atomic E-state index is 0.836. The van der Waals surface area contributed by atoms with Gasteiger partial charge in [0.1, 0.15) is 0 Å². The predicted molar refractivity (Wildman–Crippen MR) is 61.5 cm³/mol. The van der Waals surface area contributed by atoms with Gasteiger partial charge in [0.15, 0.2) is 0 Å². The summed E-state index contributed by atoms with van der Waals surface area (Å²) in [6.45, 7) is 0. The zero-order chi connectivity index (χ0) is 9.80. The highest BCUT2D eigenvalue weighted by molar-refractivity contribution is 6.30. The van der Waals surface area contributed by atoms with Crippen LogP contribution in [0.5, 0.6) is 0 Å². The van der Waals surface area contributed by atoms with Gasteiger partial charge in [-0.15, -0.1) is 0 Å². The van der Waals surface area contributed by atoms with E-state index in [0.717, 1.165) is 5.02 Å². The Kier molecular flexibility index (Phi) is 3.47. The van der Waals surface area contributed by atoms with Gasteiger partial charge in [-0.2, -0.15) is 0 Å². The molecule has 0 atom stereocenters. The fourth-order valence-corrected chi connectivity index (χ4v) is 2.26. The molecule has 1 heteroatoms. The molecular weight excluding hydrogens is 192 g/mol. The van der Waals surface area contributed by atoms with Crippen molar-refractivity contribution >= 4 is 11.6 Å². The van der Waals surface area contributed by atoms with Gasteiger partial charge < -0.3 is 0 Å². The highest BCUT2D eigenvalue weighted by atomic mass is 35.5. The van der Waals surface area contributed by atoms with Gasteiger partial charge in [0.05, 0.1) is 0 Å². The number of hydrogen-bond donors (Lipinski definition) is 0. The summed E-state index contributed by atoms with van der Waals surface area (Å²) in [5.41, 5.74) is 1.40. The maximum absolute atomic E-state index is 5.87. The summed E-state index contributed by atoms with van der Waals surface area (Å²) >= 11 is 5.87. The standard InChI is InChI=1S/C13H16Cl/c14-13-9-7-12(8-10-13)11-5-3-1-2-4-6-11/h7-10H,1-6H2. The molecule has 0 nitrogen and oxygen atoms in total. The van der Waals surface area contributed by atoms with Crippen LogP contribution >= 0.6 is 11.6 Å². The van der Waals surface area contributed by atoms with Gasteiger partial charge in [0, 0.05) is 10.9 Å². The van der Waals surface area contributed by atoms with E-state index in [1.807, 2.05) is 12.1 Å². The monoisotopic (exact) mass is 207 g/mol. The third-order valence-electron chi connectivity index (χ3n) is 2.96. The normalized spacial score (nSPS) is 19.2. The maximum atomic E-state index is 5.87. The number of rotatable bonds is 1. The van der Waals surface area contributed by atoms with E-state index in [4.69, 9.17) is 11.6 Å². The molecule has 0 spiro atoms. The summed E-state index contributed by atoms with van der Waals surface area (Å²) in [7, 11) is 0. The molecule has 0 N–H and O–H groups in total. The van der Waals surface area contributed by atoms with Gasteiger partial charge in [-0.3, -0.25) is 0 Å². The van der Waals surface area contributed by atoms with Crippen LogP contribution in [0.25, 0.3) is 0 Å². The summed E-state index contributed by atoms with van der Waals surface area (Å²) in [6.07, 6.45) is 8.08. The van der Waals surface area contributed by atoms with E-state index in [-0.39, 0.29) is 0 Å². The first kappa shape index (κ1) is 10.0. The molecule has 0 heterocycles. The zero-order valence-corrected chi connectivity index (χ0v) is 9.19. The third-order valence-corrected chi connectivity index (χ3v) is 3.21. The molecule has 1 fully saturated rings. The molecule has 0 amide bonds. The molecule has 1 aliphatic rings. The van der Waals surface area contributed by atoms with Crippen molar-refractivity contribution in [3.63, 3.8) is 0 Å². The lowest BCUT2D eigenvalue weighted by atomic mass is 9.92. The molecule has 1 radical (unpaired) electrons. The number of hydrogen-bond acceptors (Lipinski definition) is 0. The topological polar surface area (TPSA) is 0 Å². The Balaban J connectivity index is 2.08. The second kappa shape index (κ2) is 4.84. The van der Waals surface area contributed by atoms with Crippen molar-refractivity contribution in [3.05, 3.63) is 40.8 Å². The van der Waals surface area contributed by atoms with Crippen LogP contribution in [0.2, 0.25) is 5.02 Å². The molecule has 1 saturated carbocycles. The van der Waals surface area contributed by atoms with E-state index >= 15 is 0 Å². The van der Waals surface area contributed by atoms with Crippen LogP contribution in [0.1, 0.15) is 44.1 Å². The van der Waals surface area contributed by atoms with Gasteiger partial charge in [0.25, 0.3) is 0 Å². The van der Waals surface area contributed by atoms with E-state index in [1.54, 1.807) is 5.92 Å². The summed E-state index contributed by atoms with van der Waals surface area (Å²) < 4.78 is 0. The van der Waals surface area contributed by atoms with Gasteiger partial charge in [0.2, 0.25) is 0 Å². The van der Waals surface area contributed by atoms with E-state index in [9.17, 15) is 0 Å². The smallest absolute Gasteiger partial charge is 0.0406 e. The highest BCUT2D eigenvalue weighted by Gasteiger charge is 2.14. The van der Waals surface area contributed by atoms with Crippen molar-refractivity contribution < 1.29 is 0 Å². The molecule has 0 saturated heterocycles. The average molecular weight is 208 g/mol. The third kappa shape index (κ3) is 2.51. The molecule has 2 rings (SSSR count). The van der Waals surface area contributed by atoms with Crippen LogP contribution in [0.3, 0.4) is 0 Å². The van der Waals surface area contributed by atoms with Gasteiger partial charge in [-0.1, -0.05) is 49.4 Å². The van der Waals surface area contributed by atoms with Gasteiger partial charge >= 0.3 is 0 Å². The van der Waals surface area contributed by atoms with Crippen molar-refractivity contribution in [2.24, 2.45) is 0 Å². The summed E-state index contributed by atoms with van der Waals surface area (Å²) in [6, 6.07) is 8.30. The molecule has 1 aliphatic carbocycles. The largest absolute Gasteiger partial charge is 0.0843 e. The SMILES string of the molecule is Clc1ccc([C]2CCCCCC2)cc1. The Morgan fingerprint density at radius 3 is 1.93 bits per heavy atom. The van der Waals surface area contributed by atoms with Crippen molar-refractivity contribution in [1.29, 1.82) is 0 Å². The van der Waals surface area contributed by atoms with E-state index < -0.39 is 0 Å². The molecule has 1 aromatic carbocycles. The molecule has 1 aromatic rings. The summed E-state index contributed by atoms with van der Waals surface area (Å²) in [5.74, 6) is 1.62. The molecular formula is C13H16Cl. The Morgan fingerprint density at radius 1 is 0.786 bits per heavy atom. The molecule has 14 heavy (non-hydrogen) atoms. The van der Waals surface area contributed by atoms with Crippen molar-refractivity contribution in [1.82, 2.24) is 0 Å². The van der Waals surface area contributed by atoms with Crippen LogP contribution < -0.4 is 0 Å². The number of halogens is 1. The predicted octanol–water partition coefficient (Wildman–Crippen LogP) is 4.62. The lowest BCUT2D eigenvalue weighted by molar-refractivity contribution is 0.702. The second-order valence-electron chi connectivity index (χ2n) is 4.02. The minimum atomic E-state index is 0.836. The summed E-state index contributed by atoms with van der Waals surface area (Å²) in [5, 5.41) is 0.836. The Bertz CT molecular complexity index is 268. The quantitative estimate of drug-likeness (QED) is 0.590. The van der Waals surface area contributed by atoms with Crippen LogP contribution in [0, 0.1) is 5.92 Å². The molecule has 75 valence electrons. The van der Waals surface area contributed by atoms with E-state index in [2.05, 4.69) is 12.1 Å². The van der Waals surface area contributed by atoms with E-state index in [0.29, 0.717) is 0 Å². The molecule has 0 aliphatic heterocycles. The van der Waals surface area contributed by atoms with Crippen LogP contribution in [-0.4, -0.2) is 0 Å². The lowest BCUT2D eigenvalue weighted by Gasteiger charge is -2.13. The first-order valence-corrected chi connectivity index (χ1v) is 5.85. The van der Waals surface area contributed by atoms with Gasteiger partial charge in [-0.25, -0.2) is 0 Å². The van der Waals surface area contributed by atoms with E-state index in [1.165, 1.54) is 44.1 Å². The van der Waals surface area contributed by atoms with Crippen LogP contribution in [-0.2, 0) is 0 Å². The fourth-order valence-electron chi connectivity index (χ4n) is 2.13. The average Bonchev–Trinajstić information content (AvgIpc) is 2.47. The lowest BCUT2D eigenvalue weighted by Crippen LogP contribution is -1.97. The Hall–Kier alpha value is -0.490. The first-order chi connectivity index (χ1) is 6.86. The highest BCUT2D eigenvalue weighted by Crippen LogP contribution is 2.30. The second-order valence-corrected chi connectivity index (χ2v) is 4.46. The molecule has 0 bridgehead atoms. The Labute approximate surface area is 91.3 Å². The zero-order valence-electron chi connectivity index (χ0n) is 8.43. The van der Waals surface area contributed by atoms with Crippen molar-refractivity contribution in [3.8, 4) is 0 Å². The number of benzene rings is 1.